The van der Waals surface area contributed by atoms with Crippen LogP contribution in [-0.4, -0.2) is 47.1 Å². The summed E-state index contributed by atoms with van der Waals surface area (Å²) in [5.41, 5.74) is 1.77. The predicted octanol–water partition coefficient (Wildman–Crippen LogP) is 3.95. The van der Waals surface area contributed by atoms with Crippen LogP contribution in [0.5, 0.6) is 11.5 Å². The molecule has 3 aromatic rings. The quantitative estimate of drug-likeness (QED) is 0.479. The van der Waals surface area contributed by atoms with Crippen LogP contribution in [0.3, 0.4) is 0 Å². The molecule has 1 aromatic heterocycles. The molecule has 1 heterocycles. The van der Waals surface area contributed by atoms with Crippen LogP contribution >= 0.6 is 11.6 Å². The van der Waals surface area contributed by atoms with E-state index in [2.05, 4.69) is 10.1 Å². The number of aromatic nitrogens is 2. The molecule has 30 heavy (non-hydrogen) atoms. The van der Waals surface area contributed by atoms with Crippen LogP contribution in [0.25, 0.3) is 11.4 Å². The molecular weight excluding hydrogens is 406 g/mol. The van der Waals surface area contributed by atoms with Crippen molar-refractivity contribution in [2.24, 2.45) is 0 Å². The lowest BCUT2D eigenvalue weighted by molar-refractivity contribution is -0.131. The molecule has 0 aliphatic rings. The largest absolute Gasteiger partial charge is 0.493 e. The van der Waals surface area contributed by atoms with Crippen molar-refractivity contribution in [1.82, 2.24) is 15.0 Å². The van der Waals surface area contributed by atoms with E-state index >= 15 is 0 Å². The van der Waals surface area contributed by atoms with E-state index in [1.165, 1.54) is 0 Å². The molecule has 8 heteroatoms. The third-order valence-corrected chi connectivity index (χ3v) is 4.76. The molecule has 0 N–H and O–H groups in total. The van der Waals surface area contributed by atoms with Gasteiger partial charge in [0.25, 0.3) is 0 Å². The van der Waals surface area contributed by atoms with Crippen LogP contribution in [0.4, 0.5) is 0 Å². The molecule has 1 atom stereocenters. The molecule has 0 fully saturated rings. The van der Waals surface area contributed by atoms with Crippen molar-refractivity contribution in [3.63, 3.8) is 0 Å². The van der Waals surface area contributed by atoms with Gasteiger partial charge < -0.3 is 18.9 Å². The lowest BCUT2D eigenvalue weighted by Crippen LogP contribution is -2.36. The van der Waals surface area contributed by atoms with Gasteiger partial charge in [-0.2, -0.15) is 4.98 Å². The minimum absolute atomic E-state index is 0.139. The summed E-state index contributed by atoms with van der Waals surface area (Å²) in [7, 11) is 3.15. The fraction of sp³-hybridized carbons (Fsp3) is 0.318. The molecule has 0 saturated carbocycles. The summed E-state index contributed by atoms with van der Waals surface area (Å²) in [4.78, 5) is 18.7. The van der Waals surface area contributed by atoms with E-state index in [1.807, 2.05) is 36.4 Å². The molecule has 0 aliphatic carbocycles. The van der Waals surface area contributed by atoms with Gasteiger partial charge in [0, 0.05) is 25.1 Å². The number of hydrogen-bond donors (Lipinski definition) is 0. The maximum absolute atomic E-state index is 12.5. The van der Waals surface area contributed by atoms with Crippen molar-refractivity contribution in [3.05, 3.63) is 60.0 Å². The summed E-state index contributed by atoms with van der Waals surface area (Å²) in [6.45, 7) is 2.55. The Hall–Kier alpha value is -3.06. The number of rotatable bonds is 9. The zero-order valence-electron chi connectivity index (χ0n) is 17.2. The molecule has 0 aliphatic heterocycles. The molecule has 2 aromatic carbocycles. The van der Waals surface area contributed by atoms with E-state index < -0.39 is 5.38 Å². The second-order valence-corrected chi connectivity index (χ2v) is 7.35. The molecule has 0 spiro atoms. The van der Waals surface area contributed by atoms with Crippen molar-refractivity contribution in [2.45, 2.75) is 25.3 Å². The van der Waals surface area contributed by atoms with Gasteiger partial charge in [0.1, 0.15) is 5.38 Å². The van der Waals surface area contributed by atoms with Crippen molar-refractivity contribution in [1.29, 1.82) is 0 Å². The summed E-state index contributed by atoms with van der Waals surface area (Å²) < 4.78 is 16.0. The minimum atomic E-state index is -0.612. The van der Waals surface area contributed by atoms with Crippen molar-refractivity contribution in [3.8, 4) is 22.9 Å². The molecule has 0 saturated heterocycles. The highest BCUT2D eigenvalue weighted by atomic mass is 35.5. The maximum Gasteiger partial charge on any atom is 0.240 e. The summed E-state index contributed by atoms with van der Waals surface area (Å²) in [6, 6.07) is 15.2. The van der Waals surface area contributed by atoms with Crippen LogP contribution in [0.2, 0.25) is 0 Å². The van der Waals surface area contributed by atoms with Crippen LogP contribution in [-0.2, 0) is 17.8 Å². The topological polar surface area (TPSA) is 77.7 Å². The number of methoxy groups -OCH3 is 2. The van der Waals surface area contributed by atoms with E-state index in [9.17, 15) is 4.79 Å². The highest BCUT2D eigenvalue weighted by Gasteiger charge is 2.20. The standard InChI is InChI=1S/C22H24ClN3O4/c1-15(23)22(27)26(14-16-7-5-4-6-8-16)12-11-20-24-21(25-30-20)17-9-10-18(28-2)19(13-17)29-3/h4-10,13,15H,11-12,14H2,1-3H3. The molecule has 3 rings (SSSR count). The van der Waals surface area contributed by atoms with Crippen molar-refractivity contribution < 1.29 is 18.8 Å². The first-order chi connectivity index (χ1) is 14.5. The second kappa shape index (κ2) is 10.1. The van der Waals surface area contributed by atoms with E-state index in [0.717, 1.165) is 11.1 Å². The van der Waals surface area contributed by atoms with Crippen LogP contribution < -0.4 is 9.47 Å². The summed E-state index contributed by atoms with van der Waals surface area (Å²) >= 11 is 6.04. The van der Waals surface area contributed by atoms with Crippen LogP contribution in [0.1, 0.15) is 18.4 Å². The van der Waals surface area contributed by atoms with Crippen LogP contribution in [0, 0.1) is 0 Å². The highest BCUT2D eigenvalue weighted by Crippen LogP contribution is 2.31. The number of nitrogens with zero attached hydrogens (tertiary/aromatic N) is 3. The number of benzene rings is 2. The summed E-state index contributed by atoms with van der Waals surface area (Å²) in [5, 5.41) is 3.43. The van der Waals surface area contributed by atoms with E-state index in [1.54, 1.807) is 38.2 Å². The maximum atomic E-state index is 12.5. The number of carbonyl (C=O) groups is 1. The molecule has 0 radical (unpaired) electrons. The first-order valence-corrected chi connectivity index (χ1v) is 9.97. The molecule has 1 unspecified atom stereocenters. The molecule has 0 bridgehead atoms. The van der Waals surface area contributed by atoms with E-state index in [0.29, 0.717) is 42.7 Å². The Bertz CT molecular complexity index is 976. The van der Waals surface area contributed by atoms with Crippen molar-refractivity contribution in [2.75, 3.05) is 20.8 Å². The van der Waals surface area contributed by atoms with Crippen molar-refractivity contribution >= 4 is 17.5 Å². The highest BCUT2D eigenvalue weighted by molar-refractivity contribution is 6.30. The fourth-order valence-electron chi connectivity index (χ4n) is 3.00. The Morgan fingerprint density at radius 1 is 1.13 bits per heavy atom. The Balaban J connectivity index is 1.71. The molecule has 7 nitrogen and oxygen atoms in total. The lowest BCUT2D eigenvalue weighted by Gasteiger charge is -2.23. The molecule has 1 amide bonds. The van der Waals surface area contributed by atoms with Gasteiger partial charge >= 0.3 is 0 Å². The summed E-state index contributed by atoms with van der Waals surface area (Å²) in [6.07, 6.45) is 0.419. The Morgan fingerprint density at radius 3 is 2.53 bits per heavy atom. The van der Waals surface area contributed by atoms with Gasteiger partial charge in [0.05, 0.1) is 14.2 Å². The molecular formula is C22H24ClN3O4. The third kappa shape index (κ3) is 5.30. The number of halogens is 1. The average Bonchev–Trinajstić information content (AvgIpc) is 3.25. The SMILES string of the molecule is COc1ccc(-c2noc(CCN(Cc3ccccc3)C(=O)C(C)Cl)n2)cc1OC. The fourth-order valence-corrected chi connectivity index (χ4v) is 3.14. The number of carbonyl (C=O) groups excluding carboxylic acids is 1. The van der Waals surface area contributed by atoms with E-state index in [-0.39, 0.29) is 5.91 Å². The van der Waals surface area contributed by atoms with Gasteiger partial charge in [-0.25, -0.2) is 0 Å². The Labute approximate surface area is 180 Å². The first-order valence-electron chi connectivity index (χ1n) is 9.53. The second-order valence-electron chi connectivity index (χ2n) is 6.69. The Kier molecular flexibility index (Phi) is 7.30. The number of ether oxygens (including phenoxy) is 2. The smallest absolute Gasteiger partial charge is 0.240 e. The van der Waals surface area contributed by atoms with Crippen LogP contribution in [0.15, 0.2) is 53.1 Å². The average molecular weight is 430 g/mol. The monoisotopic (exact) mass is 429 g/mol. The van der Waals surface area contributed by atoms with Gasteiger partial charge in [0.2, 0.25) is 17.6 Å². The lowest BCUT2D eigenvalue weighted by atomic mass is 10.2. The van der Waals surface area contributed by atoms with Gasteiger partial charge in [-0.1, -0.05) is 35.5 Å². The Morgan fingerprint density at radius 2 is 1.87 bits per heavy atom. The predicted molar refractivity (Wildman–Crippen MR) is 114 cm³/mol. The number of alkyl halides is 1. The minimum Gasteiger partial charge on any atom is -0.493 e. The first kappa shape index (κ1) is 21.6. The normalized spacial score (nSPS) is 11.7. The molecule has 158 valence electrons. The zero-order valence-corrected chi connectivity index (χ0v) is 17.9. The van der Waals surface area contributed by atoms with Gasteiger partial charge in [0.15, 0.2) is 11.5 Å². The van der Waals surface area contributed by atoms with Gasteiger partial charge in [-0.05, 0) is 30.7 Å². The van der Waals surface area contributed by atoms with E-state index in [4.69, 9.17) is 25.6 Å². The summed E-state index contributed by atoms with van der Waals surface area (Å²) in [5.74, 6) is 1.94. The zero-order chi connectivity index (χ0) is 21.5. The third-order valence-electron chi connectivity index (χ3n) is 4.57. The van der Waals surface area contributed by atoms with Gasteiger partial charge in [-0.3, -0.25) is 4.79 Å². The number of hydrogen-bond acceptors (Lipinski definition) is 6. The number of amides is 1. The van der Waals surface area contributed by atoms with Gasteiger partial charge in [-0.15, -0.1) is 11.6 Å².